The number of nitrogens with zero attached hydrogens (tertiary/aromatic N) is 2. The maximum absolute atomic E-state index is 13.4. The SMILES string of the molecule is COc1cc2c(cc1O)N(C(=O)O)CC1C(O[Si](C)(C)C(C)(C)C)C(C)=CN1C2=O. The molecule has 0 spiro atoms. The molecule has 2 amide bonds. The van der Waals surface area contributed by atoms with Crippen molar-refractivity contribution in [2.75, 3.05) is 18.6 Å². The summed E-state index contributed by atoms with van der Waals surface area (Å²) in [7, 11) is -0.806. The molecule has 0 saturated carbocycles. The van der Waals surface area contributed by atoms with Crippen molar-refractivity contribution in [1.29, 1.82) is 0 Å². The van der Waals surface area contributed by atoms with Gasteiger partial charge in [0.15, 0.2) is 19.8 Å². The van der Waals surface area contributed by atoms with Gasteiger partial charge in [-0.25, -0.2) is 4.79 Å². The van der Waals surface area contributed by atoms with Crippen LogP contribution in [0.15, 0.2) is 23.9 Å². The zero-order valence-corrected chi connectivity index (χ0v) is 19.5. The maximum Gasteiger partial charge on any atom is 0.411 e. The first kappa shape index (κ1) is 22.2. The predicted octanol–water partition coefficient (Wildman–Crippen LogP) is 4.02. The van der Waals surface area contributed by atoms with Gasteiger partial charge in [0.25, 0.3) is 5.91 Å². The summed E-state index contributed by atoms with van der Waals surface area (Å²) in [5.41, 5.74) is 1.18. The second kappa shape index (κ2) is 7.31. The first-order chi connectivity index (χ1) is 13.8. The van der Waals surface area contributed by atoms with Crippen LogP contribution in [0.25, 0.3) is 0 Å². The number of rotatable bonds is 3. The fourth-order valence-electron chi connectivity index (χ4n) is 3.62. The Hall–Kier alpha value is -2.52. The average molecular weight is 435 g/mol. The predicted molar refractivity (Wildman–Crippen MR) is 116 cm³/mol. The minimum Gasteiger partial charge on any atom is -0.504 e. The largest absolute Gasteiger partial charge is 0.504 e. The van der Waals surface area contributed by atoms with Crippen molar-refractivity contribution in [3.63, 3.8) is 0 Å². The number of hydrogen-bond acceptors (Lipinski definition) is 5. The summed E-state index contributed by atoms with van der Waals surface area (Å²) in [6.45, 7) is 12.6. The second-order valence-electron chi connectivity index (χ2n) is 9.39. The van der Waals surface area contributed by atoms with Crippen LogP contribution in [0.3, 0.4) is 0 Å². The molecule has 2 unspecified atom stereocenters. The molecule has 2 heterocycles. The number of carboxylic acid groups (broad SMARTS) is 1. The van der Waals surface area contributed by atoms with Gasteiger partial charge < -0.3 is 24.3 Å². The molecule has 1 aromatic rings. The van der Waals surface area contributed by atoms with Gasteiger partial charge in [-0.05, 0) is 36.7 Å². The highest BCUT2D eigenvalue weighted by Crippen LogP contribution is 2.43. The van der Waals surface area contributed by atoms with Gasteiger partial charge in [-0.2, -0.15) is 0 Å². The quantitative estimate of drug-likeness (QED) is 0.697. The van der Waals surface area contributed by atoms with Crippen molar-refractivity contribution in [3.8, 4) is 11.5 Å². The van der Waals surface area contributed by atoms with Crippen LogP contribution in [0.2, 0.25) is 18.1 Å². The van der Waals surface area contributed by atoms with Gasteiger partial charge in [-0.3, -0.25) is 9.69 Å². The number of ether oxygens (including phenoxy) is 1. The minimum atomic E-state index is -2.18. The highest BCUT2D eigenvalue weighted by Gasteiger charge is 2.48. The van der Waals surface area contributed by atoms with E-state index >= 15 is 0 Å². The minimum absolute atomic E-state index is 0.0347. The number of fused-ring (bicyclic) bond motifs is 2. The van der Waals surface area contributed by atoms with E-state index in [4.69, 9.17) is 9.16 Å². The van der Waals surface area contributed by atoms with E-state index in [2.05, 4.69) is 33.9 Å². The van der Waals surface area contributed by atoms with Crippen LogP contribution in [0.5, 0.6) is 11.5 Å². The Bertz CT molecular complexity index is 921. The van der Waals surface area contributed by atoms with Gasteiger partial charge in [0.2, 0.25) is 0 Å². The molecule has 0 fully saturated rings. The number of anilines is 1. The number of amides is 2. The molecule has 30 heavy (non-hydrogen) atoms. The Kier molecular flexibility index (Phi) is 5.40. The fraction of sp³-hybridized carbons (Fsp3) is 0.524. The number of phenols is 1. The first-order valence-electron chi connectivity index (χ1n) is 9.88. The molecular formula is C21H30N2O6Si. The topological polar surface area (TPSA) is 99.5 Å². The number of carbonyl (C=O) groups excluding carboxylic acids is 1. The van der Waals surface area contributed by atoms with Crippen LogP contribution in [0, 0.1) is 0 Å². The Morgan fingerprint density at radius 1 is 1.27 bits per heavy atom. The first-order valence-corrected chi connectivity index (χ1v) is 12.8. The summed E-state index contributed by atoms with van der Waals surface area (Å²) in [6, 6.07) is 2.15. The third-order valence-electron chi connectivity index (χ3n) is 6.38. The molecule has 164 valence electrons. The summed E-state index contributed by atoms with van der Waals surface area (Å²) < 4.78 is 11.8. The second-order valence-corrected chi connectivity index (χ2v) is 14.1. The smallest absolute Gasteiger partial charge is 0.411 e. The summed E-state index contributed by atoms with van der Waals surface area (Å²) in [5.74, 6) is -0.462. The fourth-order valence-corrected chi connectivity index (χ4v) is 4.95. The van der Waals surface area contributed by atoms with Crippen LogP contribution in [-0.4, -0.2) is 61.2 Å². The Morgan fingerprint density at radius 2 is 1.90 bits per heavy atom. The molecule has 1 aromatic carbocycles. The number of phenolic OH excluding ortho intramolecular Hbond substituents is 1. The van der Waals surface area contributed by atoms with Gasteiger partial charge in [0.05, 0.1) is 37.1 Å². The number of methoxy groups -OCH3 is 1. The summed E-state index contributed by atoms with van der Waals surface area (Å²) in [4.78, 5) is 28.2. The van der Waals surface area contributed by atoms with Gasteiger partial charge in [-0.15, -0.1) is 0 Å². The molecule has 3 rings (SSSR count). The lowest BCUT2D eigenvalue weighted by molar-refractivity contribution is 0.0706. The standard InChI is InChI=1S/C21H30N2O6Si/c1-12-10-22-15(18(12)29-30(6,7)21(2,3)4)11-23(20(26)27)14-9-16(24)17(28-5)8-13(14)19(22)25/h8-10,15,18,24H,11H2,1-7H3,(H,26,27). The molecule has 0 saturated heterocycles. The molecule has 2 aliphatic heterocycles. The van der Waals surface area contributed by atoms with E-state index in [0.29, 0.717) is 0 Å². The zero-order chi connectivity index (χ0) is 22.6. The van der Waals surface area contributed by atoms with Crippen LogP contribution >= 0.6 is 0 Å². The number of benzene rings is 1. The van der Waals surface area contributed by atoms with Crippen LogP contribution in [0.4, 0.5) is 10.5 Å². The highest BCUT2D eigenvalue weighted by molar-refractivity contribution is 6.74. The van der Waals surface area contributed by atoms with E-state index in [1.165, 1.54) is 19.2 Å². The van der Waals surface area contributed by atoms with Crippen LogP contribution < -0.4 is 9.64 Å². The van der Waals surface area contributed by atoms with E-state index < -0.39 is 26.6 Å². The molecule has 2 atom stereocenters. The Balaban J connectivity index is 2.08. The zero-order valence-electron chi connectivity index (χ0n) is 18.5. The average Bonchev–Trinajstić information content (AvgIpc) is 2.86. The van der Waals surface area contributed by atoms with E-state index in [1.807, 2.05) is 6.92 Å². The van der Waals surface area contributed by atoms with Crippen molar-refractivity contribution in [2.24, 2.45) is 0 Å². The lowest BCUT2D eigenvalue weighted by Gasteiger charge is -2.41. The molecule has 0 aromatic heterocycles. The molecule has 9 heteroatoms. The lowest BCUT2D eigenvalue weighted by Crippen LogP contribution is -2.52. The van der Waals surface area contributed by atoms with Crippen LogP contribution in [-0.2, 0) is 4.43 Å². The van der Waals surface area contributed by atoms with Gasteiger partial charge in [-0.1, -0.05) is 20.8 Å². The van der Waals surface area contributed by atoms with Crippen molar-refractivity contribution in [1.82, 2.24) is 4.90 Å². The molecule has 2 N–H and O–H groups in total. The molecule has 8 nitrogen and oxygen atoms in total. The van der Waals surface area contributed by atoms with Gasteiger partial charge >= 0.3 is 6.09 Å². The molecule has 0 aliphatic carbocycles. The Morgan fingerprint density at radius 3 is 2.43 bits per heavy atom. The summed E-state index contributed by atoms with van der Waals surface area (Å²) in [5, 5.41) is 20.0. The summed E-state index contributed by atoms with van der Waals surface area (Å²) in [6.07, 6.45) is 0.145. The monoisotopic (exact) mass is 434 g/mol. The van der Waals surface area contributed by atoms with Crippen molar-refractivity contribution in [2.45, 2.75) is 58.0 Å². The third-order valence-corrected chi connectivity index (χ3v) is 10.8. The number of carbonyl (C=O) groups is 2. The molecule has 0 radical (unpaired) electrons. The normalized spacial score (nSPS) is 21.7. The molecule has 0 bridgehead atoms. The lowest BCUT2D eigenvalue weighted by atomic mass is 10.1. The third kappa shape index (κ3) is 3.56. The summed E-state index contributed by atoms with van der Waals surface area (Å²) >= 11 is 0. The van der Waals surface area contributed by atoms with E-state index in [-0.39, 0.29) is 40.2 Å². The Labute approximate surface area is 177 Å². The number of aromatic hydroxyl groups is 1. The van der Waals surface area contributed by atoms with Gasteiger partial charge in [0, 0.05) is 12.3 Å². The van der Waals surface area contributed by atoms with E-state index in [1.54, 1.807) is 11.1 Å². The molecular weight excluding hydrogens is 404 g/mol. The van der Waals surface area contributed by atoms with Crippen molar-refractivity contribution in [3.05, 3.63) is 29.5 Å². The van der Waals surface area contributed by atoms with E-state index in [9.17, 15) is 19.8 Å². The van der Waals surface area contributed by atoms with E-state index in [0.717, 1.165) is 10.5 Å². The maximum atomic E-state index is 13.4. The molecule has 2 aliphatic rings. The number of hydrogen-bond donors (Lipinski definition) is 2. The van der Waals surface area contributed by atoms with Crippen molar-refractivity contribution < 1.29 is 29.0 Å². The van der Waals surface area contributed by atoms with Crippen molar-refractivity contribution >= 4 is 26.0 Å². The van der Waals surface area contributed by atoms with Crippen LogP contribution in [0.1, 0.15) is 38.1 Å². The highest BCUT2D eigenvalue weighted by atomic mass is 28.4. The van der Waals surface area contributed by atoms with Gasteiger partial charge in [0.1, 0.15) is 0 Å².